The molecule has 3 N–H and O–H groups in total. The number of alkyl halides is 3. The van der Waals surface area contributed by atoms with Crippen molar-refractivity contribution in [2.75, 3.05) is 19.6 Å². The van der Waals surface area contributed by atoms with E-state index in [0.717, 1.165) is 17.7 Å². The third-order valence-electron chi connectivity index (χ3n) is 3.84. The Morgan fingerprint density at radius 3 is 2.43 bits per heavy atom. The van der Waals surface area contributed by atoms with Crippen LogP contribution in [0.15, 0.2) is 24.3 Å². The maximum atomic E-state index is 12.6. The van der Waals surface area contributed by atoms with Gasteiger partial charge < -0.3 is 15.7 Å². The van der Waals surface area contributed by atoms with Crippen LogP contribution < -0.4 is 10.6 Å². The van der Waals surface area contributed by atoms with Gasteiger partial charge in [-0.15, -0.1) is 0 Å². The van der Waals surface area contributed by atoms with Crippen LogP contribution in [0.2, 0.25) is 0 Å². The SMILES string of the molecule is O=C(O)CNC(=O)C1CNCC(c2ccc(C(F)(F)F)cc2)C1. The predicted octanol–water partition coefficient (Wildman–Crippen LogP) is 1.60. The van der Waals surface area contributed by atoms with E-state index in [2.05, 4.69) is 10.6 Å². The fourth-order valence-electron chi connectivity index (χ4n) is 2.65. The lowest BCUT2D eigenvalue weighted by molar-refractivity contribution is -0.138. The van der Waals surface area contributed by atoms with Crippen molar-refractivity contribution in [2.24, 2.45) is 5.92 Å². The van der Waals surface area contributed by atoms with E-state index in [-0.39, 0.29) is 11.8 Å². The number of hydrogen-bond acceptors (Lipinski definition) is 3. The highest BCUT2D eigenvalue weighted by atomic mass is 19.4. The average Bonchev–Trinajstić information content (AvgIpc) is 2.52. The molecule has 1 heterocycles. The highest BCUT2D eigenvalue weighted by Gasteiger charge is 2.31. The van der Waals surface area contributed by atoms with Crippen LogP contribution in [0.4, 0.5) is 13.2 Å². The molecule has 1 saturated heterocycles. The smallest absolute Gasteiger partial charge is 0.416 e. The number of piperidine rings is 1. The lowest BCUT2D eigenvalue weighted by Gasteiger charge is -2.29. The zero-order chi connectivity index (χ0) is 17.0. The Morgan fingerprint density at radius 1 is 1.22 bits per heavy atom. The summed E-state index contributed by atoms with van der Waals surface area (Å²) in [4.78, 5) is 22.4. The lowest BCUT2D eigenvalue weighted by atomic mass is 9.85. The molecule has 5 nitrogen and oxygen atoms in total. The summed E-state index contributed by atoms with van der Waals surface area (Å²) < 4.78 is 37.7. The quantitative estimate of drug-likeness (QED) is 0.784. The first-order valence-corrected chi connectivity index (χ1v) is 7.14. The van der Waals surface area contributed by atoms with Crippen molar-refractivity contribution in [1.29, 1.82) is 0 Å². The number of nitrogens with one attached hydrogen (secondary N) is 2. The minimum Gasteiger partial charge on any atom is -0.480 e. The van der Waals surface area contributed by atoms with Crippen LogP contribution in [0, 0.1) is 5.92 Å². The van der Waals surface area contributed by atoms with Gasteiger partial charge in [-0.05, 0) is 30.0 Å². The molecule has 1 aromatic carbocycles. The Labute approximate surface area is 130 Å². The number of halogens is 3. The fourth-order valence-corrected chi connectivity index (χ4v) is 2.65. The molecule has 1 aliphatic heterocycles. The predicted molar refractivity (Wildman–Crippen MR) is 75.8 cm³/mol. The van der Waals surface area contributed by atoms with Crippen molar-refractivity contribution in [1.82, 2.24) is 10.6 Å². The highest BCUT2D eigenvalue weighted by molar-refractivity contribution is 5.83. The minimum atomic E-state index is -4.37. The molecule has 0 saturated carbocycles. The first-order valence-electron chi connectivity index (χ1n) is 7.14. The van der Waals surface area contributed by atoms with E-state index in [4.69, 9.17) is 5.11 Å². The first-order chi connectivity index (χ1) is 10.8. The van der Waals surface area contributed by atoms with Crippen LogP contribution in [0.3, 0.4) is 0 Å². The molecule has 2 rings (SSSR count). The summed E-state index contributed by atoms with van der Waals surface area (Å²) in [5.74, 6) is -1.99. The largest absolute Gasteiger partial charge is 0.480 e. The fraction of sp³-hybridized carbons (Fsp3) is 0.467. The molecule has 0 bridgehead atoms. The molecule has 23 heavy (non-hydrogen) atoms. The monoisotopic (exact) mass is 330 g/mol. The highest BCUT2D eigenvalue weighted by Crippen LogP contribution is 2.32. The second-order valence-corrected chi connectivity index (χ2v) is 5.52. The third-order valence-corrected chi connectivity index (χ3v) is 3.84. The molecule has 1 aliphatic rings. The molecule has 1 fully saturated rings. The lowest BCUT2D eigenvalue weighted by Crippen LogP contribution is -2.44. The maximum Gasteiger partial charge on any atom is 0.416 e. The average molecular weight is 330 g/mol. The molecular formula is C15H17F3N2O3. The van der Waals surface area contributed by atoms with E-state index < -0.39 is 30.2 Å². The summed E-state index contributed by atoms with van der Waals surface area (Å²) in [5, 5.41) is 14.0. The molecule has 0 radical (unpaired) electrons. The number of aliphatic carboxylic acids is 1. The van der Waals surface area contributed by atoms with E-state index >= 15 is 0 Å². The molecule has 2 unspecified atom stereocenters. The van der Waals surface area contributed by atoms with Crippen molar-refractivity contribution in [3.05, 3.63) is 35.4 Å². The van der Waals surface area contributed by atoms with E-state index in [9.17, 15) is 22.8 Å². The summed E-state index contributed by atoms with van der Waals surface area (Å²) >= 11 is 0. The summed E-state index contributed by atoms with van der Waals surface area (Å²) in [7, 11) is 0. The van der Waals surface area contributed by atoms with Gasteiger partial charge in [0.1, 0.15) is 6.54 Å². The van der Waals surface area contributed by atoms with Crippen molar-refractivity contribution < 1.29 is 27.9 Å². The van der Waals surface area contributed by atoms with E-state index in [0.29, 0.717) is 19.5 Å². The van der Waals surface area contributed by atoms with Gasteiger partial charge in [0.15, 0.2) is 0 Å². The molecule has 1 amide bonds. The Bertz CT molecular complexity index is 572. The van der Waals surface area contributed by atoms with Gasteiger partial charge in [-0.3, -0.25) is 9.59 Å². The van der Waals surface area contributed by atoms with E-state index in [1.807, 2.05) is 0 Å². The van der Waals surface area contributed by atoms with Crippen molar-refractivity contribution in [2.45, 2.75) is 18.5 Å². The van der Waals surface area contributed by atoms with Gasteiger partial charge in [-0.1, -0.05) is 12.1 Å². The standard InChI is InChI=1S/C15H17F3N2O3/c16-15(17,18)12-3-1-9(2-4-12)10-5-11(7-19-6-10)14(23)20-8-13(21)22/h1-4,10-11,19H,5-8H2,(H,20,23)(H,21,22). The Hall–Kier alpha value is -2.09. The zero-order valence-corrected chi connectivity index (χ0v) is 12.2. The Balaban J connectivity index is 2.00. The molecule has 1 aromatic rings. The molecule has 2 atom stereocenters. The van der Waals surface area contributed by atoms with Crippen molar-refractivity contribution in [3.63, 3.8) is 0 Å². The molecule has 0 aromatic heterocycles. The number of carbonyl (C=O) groups is 2. The second kappa shape index (κ2) is 6.99. The number of carboxylic acids is 1. The second-order valence-electron chi connectivity index (χ2n) is 5.52. The summed E-state index contributed by atoms with van der Waals surface area (Å²) in [6.07, 6.45) is -3.91. The minimum absolute atomic E-state index is 0.0911. The van der Waals surface area contributed by atoms with Gasteiger partial charge in [-0.2, -0.15) is 13.2 Å². The van der Waals surface area contributed by atoms with Crippen molar-refractivity contribution in [3.8, 4) is 0 Å². The van der Waals surface area contributed by atoms with Gasteiger partial charge in [0.25, 0.3) is 0 Å². The molecule has 126 valence electrons. The van der Waals surface area contributed by atoms with E-state index in [1.54, 1.807) is 0 Å². The van der Waals surface area contributed by atoms with Crippen molar-refractivity contribution >= 4 is 11.9 Å². The van der Waals surface area contributed by atoms with Crippen LogP contribution in [0.5, 0.6) is 0 Å². The van der Waals surface area contributed by atoms with Crippen LogP contribution in [0.25, 0.3) is 0 Å². The Morgan fingerprint density at radius 2 is 1.87 bits per heavy atom. The van der Waals surface area contributed by atoms with Gasteiger partial charge in [-0.25, -0.2) is 0 Å². The molecule has 0 aliphatic carbocycles. The third kappa shape index (κ3) is 4.69. The molecule has 0 spiro atoms. The van der Waals surface area contributed by atoms with Gasteiger partial charge in [0.2, 0.25) is 5.91 Å². The first kappa shape index (κ1) is 17.3. The normalized spacial score (nSPS) is 21.7. The number of hydrogen-bond donors (Lipinski definition) is 3. The number of benzene rings is 1. The van der Waals surface area contributed by atoms with Gasteiger partial charge in [0.05, 0.1) is 11.5 Å². The van der Waals surface area contributed by atoms with Gasteiger partial charge >= 0.3 is 12.1 Å². The Kier molecular flexibility index (Phi) is 5.25. The number of amides is 1. The number of rotatable bonds is 4. The summed E-state index contributed by atoms with van der Waals surface area (Å²) in [6.45, 7) is 0.539. The number of carbonyl (C=O) groups excluding carboxylic acids is 1. The van der Waals surface area contributed by atoms with Gasteiger partial charge in [0, 0.05) is 13.1 Å². The summed E-state index contributed by atoms with van der Waals surface area (Å²) in [5.41, 5.74) is 0.0157. The summed E-state index contributed by atoms with van der Waals surface area (Å²) in [6, 6.07) is 4.91. The van der Waals surface area contributed by atoms with Crippen LogP contribution in [-0.2, 0) is 15.8 Å². The topological polar surface area (TPSA) is 78.4 Å². The van der Waals surface area contributed by atoms with Crippen LogP contribution in [-0.4, -0.2) is 36.6 Å². The maximum absolute atomic E-state index is 12.6. The van der Waals surface area contributed by atoms with Crippen LogP contribution in [0.1, 0.15) is 23.5 Å². The zero-order valence-electron chi connectivity index (χ0n) is 12.2. The van der Waals surface area contributed by atoms with Crippen LogP contribution >= 0.6 is 0 Å². The molecular weight excluding hydrogens is 313 g/mol. The molecule has 8 heteroatoms. The number of carboxylic acid groups (broad SMARTS) is 1. The van der Waals surface area contributed by atoms with E-state index in [1.165, 1.54) is 12.1 Å².